The molecule has 2 rings (SSSR count). The Balaban J connectivity index is 1.78. The normalized spacial score (nSPS) is 18.2. The average molecular weight is 297 g/mol. The Morgan fingerprint density at radius 2 is 2.35 bits per heavy atom. The van der Waals surface area contributed by atoms with Crippen LogP contribution in [0.1, 0.15) is 25.8 Å². The fraction of sp³-hybridized carbons (Fsp3) is 0.533. The molecule has 2 unspecified atom stereocenters. The molecule has 0 saturated heterocycles. The predicted octanol–water partition coefficient (Wildman–Crippen LogP) is 2.15. The molecule has 1 heterocycles. The fourth-order valence-electron chi connectivity index (χ4n) is 2.21. The lowest BCUT2D eigenvalue weighted by Gasteiger charge is -2.17. The largest absolute Gasteiger partial charge is 0.488 e. The highest BCUT2D eigenvalue weighted by atomic mass is 35.5. The molecule has 2 N–H and O–H groups in total. The maximum absolute atomic E-state index is 11.7. The number of hydrogen-bond acceptors (Lipinski definition) is 3. The van der Waals surface area contributed by atoms with Crippen molar-refractivity contribution >= 4 is 17.5 Å². The molecule has 2 atom stereocenters. The van der Waals surface area contributed by atoms with Gasteiger partial charge in [-0.25, -0.2) is 0 Å². The minimum absolute atomic E-state index is 0.0328. The van der Waals surface area contributed by atoms with Crippen molar-refractivity contribution in [2.24, 2.45) is 0 Å². The molecule has 5 heteroatoms. The van der Waals surface area contributed by atoms with E-state index in [9.17, 15) is 4.79 Å². The summed E-state index contributed by atoms with van der Waals surface area (Å²) in [6.45, 7) is 5.26. The van der Waals surface area contributed by atoms with Crippen molar-refractivity contribution < 1.29 is 9.53 Å². The van der Waals surface area contributed by atoms with Gasteiger partial charge in [0.25, 0.3) is 0 Å². The van der Waals surface area contributed by atoms with Crippen molar-refractivity contribution in [2.45, 2.75) is 38.8 Å². The van der Waals surface area contributed by atoms with Crippen LogP contribution in [-0.4, -0.2) is 31.1 Å². The van der Waals surface area contributed by atoms with E-state index in [-0.39, 0.29) is 18.1 Å². The van der Waals surface area contributed by atoms with E-state index < -0.39 is 0 Å². The van der Waals surface area contributed by atoms with Gasteiger partial charge >= 0.3 is 0 Å². The summed E-state index contributed by atoms with van der Waals surface area (Å²) in [6.07, 6.45) is 1.83. The Bertz CT molecular complexity index is 479. The van der Waals surface area contributed by atoms with Gasteiger partial charge in [0, 0.05) is 24.5 Å². The average Bonchev–Trinajstić information content (AvgIpc) is 2.83. The Morgan fingerprint density at radius 3 is 3.10 bits per heavy atom. The summed E-state index contributed by atoms with van der Waals surface area (Å²) in [5.41, 5.74) is 1.13. The van der Waals surface area contributed by atoms with E-state index in [1.807, 2.05) is 32.0 Å². The van der Waals surface area contributed by atoms with E-state index in [4.69, 9.17) is 16.3 Å². The van der Waals surface area contributed by atoms with Crippen molar-refractivity contribution in [2.75, 3.05) is 13.1 Å². The van der Waals surface area contributed by atoms with Crippen molar-refractivity contribution in [3.05, 3.63) is 28.8 Å². The van der Waals surface area contributed by atoms with Gasteiger partial charge in [0.1, 0.15) is 11.9 Å². The van der Waals surface area contributed by atoms with Crippen LogP contribution in [0.5, 0.6) is 5.75 Å². The van der Waals surface area contributed by atoms with Crippen LogP contribution >= 0.6 is 11.6 Å². The van der Waals surface area contributed by atoms with Gasteiger partial charge in [-0.15, -0.1) is 0 Å². The van der Waals surface area contributed by atoms with Gasteiger partial charge in [-0.05, 0) is 37.1 Å². The van der Waals surface area contributed by atoms with Crippen LogP contribution in [0, 0.1) is 0 Å². The predicted molar refractivity (Wildman–Crippen MR) is 80.3 cm³/mol. The summed E-state index contributed by atoms with van der Waals surface area (Å²) in [5.74, 6) is 0.926. The molecule has 1 amide bonds. The molecule has 0 spiro atoms. The SMILES string of the molecule is CCCNC(=O)C(C)NCC1Cc2cc(Cl)ccc2O1. The lowest BCUT2D eigenvalue weighted by molar-refractivity contribution is -0.122. The third kappa shape index (κ3) is 3.87. The molecule has 0 fully saturated rings. The first-order chi connectivity index (χ1) is 9.60. The summed E-state index contributed by atoms with van der Waals surface area (Å²) in [6, 6.07) is 5.46. The summed E-state index contributed by atoms with van der Waals surface area (Å²) >= 11 is 5.96. The number of carbonyl (C=O) groups excluding carboxylic acids is 1. The first-order valence-electron chi connectivity index (χ1n) is 7.06. The number of hydrogen-bond donors (Lipinski definition) is 2. The minimum Gasteiger partial charge on any atom is -0.488 e. The van der Waals surface area contributed by atoms with Crippen LogP contribution < -0.4 is 15.4 Å². The van der Waals surface area contributed by atoms with Crippen LogP contribution in [0.4, 0.5) is 0 Å². The standard InChI is InChI=1S/C15H21ClN2O2/c1-3-6-17-15(19)10(2)18-9-13-8-11-7-12(16)4-5-14(11)20-13/h4-5,7,10,13,18H,3,6,8-9H2,1-2H3,(H,17,19). The first kappa shape index (κ1) is 15.1. The zero-order valence-corrected chi connectivity index (χ0v) is 12.7. The highest BCUT2D eigenvalue weighted by Crippen LogP contribution is 2.30. The van der Waals surface area contributed by atoms with Crippen LogP contribution in [0.2, 0.25) is 5.02 Å². The zero-order valence-electron chi connectivity index (χ0n) is 11.9. The number of fused-ring (bicyclic) bond motifs is 1. The molecule has 0 saturated carbocycles. The number of amides is 1. The molecule has 1 aromatic carbocycles. The molecule has 0 aliphatic carbocycles. The second kappa shape index (κ2) is 6.95. The lowest BCUT2D eigenvalue weighted by atomic mass is 10.1. The fourth-order valence-corrected chi connectivity index (χ4v) is 2.40. The monoisotopic (exact) mass is 296 g/mol. The van der Waals surface area contributed by atoms with Gasteiger partial charge in [0.2, 0.25) is 5.91 Å². The van der Waals surface area contributed by atoms with E-state index in [1.165, 1.54) is 0 Å². The molecule has 0 aromatic heterocycles. The number of nitrogens with one attached hydrogen (secondary N) is 2. The second-order valence-corrected chi connectivity index (χ2v) is 5.55. The van der Waals surface area contributed by atoms with Gasteiger partial charge in [-0.2, -0.15) is 0 Å². The van der Waals surface area contributed by atoms with E-state index in [1.54, 1.807) is 0 Å². The number of ether oxygens (including phenoxy) is 1. The molecule has 0 radical (unpaired) electrons. The number of carbonyl (C=O) groups is 1. The van der Waals surface area contributed by atoms with E-state index in [2.05, 4.69) is 10.6 Å². The summed E-state index contributed by atoms with van der Waals surface area (Å²) in [7, 11) is 0. The Kier molecular flexibility index (Phi) is 5.26. The van der Waals surface area contributed by atoms with E-state index in [0.717, 1.165) is 29.2 Å². The zero-order chi connectivity index (χ0) is 14.5. The molecule has 20 heavy (non-hydrogen) atoms. The Hall–Kier alpha value is -1.26. The molecular formula is C15H21ClN2O2. The van der Waals surface area contributed by atoms with Crippen LogP contribution in [0.25, 0.3) is 0 Å². The molecule has 4 nitrogen and oxygen atoms in total. The van der Waals surface area contributed by atoms with Gasteiger partial charge < -0.3 is 15.4 Å². The summed E-state index contributed by atoms with van der Waals surface area (Å²) in [4.78, 5) is 11.7. The smallest absolute Gasteiger partial charge is 0.236 e. The van der Waals surface area contributed by atoms with Gasteiger partial charge in [-0.3, -0.25) is 4.79 Å². The molecular weight excluding hydrogens is 276 g/mol. The molecule has 110 valence electrons. The van der Waals surface area contributed by atoms with Crippen molar-refractivity contribution in [3.63, 3.8) is 0 Å². The van der Waals surface area contributed by atoms with Crippen molar-refractivity contribution in [1.29, 1.82) is 0 Å². The third-order valence-corrected chi connectivity index (χ3v) is 3.59. The third-order valence-electron chi connectivity index (χ3n) is 3.36. The van der Waals surface area contributed by atoms with E-state index in [0.29, 0.717) is 13.1 Å². The molecule has 1 aliphatic rings. The van der Waals surface area contributed by atoms with Crippen LogP contribution in [-0.2, 0) is 11.2 Å². The quantitative estimate of drug-likeness (QED) is 0.846. The number of rotatable bonds is 6. The maximum atomic E-state index is 11.7. The van der Waals surface area contributed by atoms with Crippen molar-refractivity contribution in [3.8, 4) is 5.75 Å². The topological polar surface area (TPSA) is 50.4 Å². The second-order valence-electron chi connectivity index (χ2n) is 5.12. The highest BCUT2D eigenvalue weighted by molar-refractivity contribution is 6.30. The number of halogens is 1. The lowest BCUT2D eigenvalue weighted by Crippen LogP contribution is -2.45. The highest BCUT2D eigenvalue weighted by Gasteiger charge is 2.24. The maximum Gasteiger partial charge on any atom is 0.236 e. The van der Waals surface area contributed by atoms with Crippen molar-refractivity contribution in [1.82, 2.24) is 10.6 Å². The minimum atomic E-state index is -0.211. The van der Waals surface area contributed by atoms with Gasteiger partial charge in [0.15, 0.2) is 0 Å². The molecule has 0 bridgehead atoms. The molecule has 1 aliphatic heterocycles. The van der Waals surface area contributed by atoms with E-state index >= 15 is 0 Å². The Labute approximate surface area is 124 Å². The van der Waals surface area contributed by atoms with Gasteiger partial charge in [-0.1, -0.05) is 18.5 Å². The Morgan fingerprint density at radius 1 is 1.55 bits per heavy atom. The van der Waals surface area contributed by atoms with Gasteiger partial charge in [0.05, 0.1) is 6.04 Å². The first-order valence-corrected chi connectivity index (χ1v) is 7.44. The van der Waals surface area contributed by atoms with Crippen LogP contribution in [0.3, 0.4) is 0 Å². The summed E-state index contributed by atoms with van der Waals surface area (Å²) < 4.78 is 5.82. The number of benzene rings is 1. The molecule has 1 aromatic rings. The summed E-state index contributed by atoms with van der Waals surface area (Å²) in [5, 5.41) is 6.81. The van der Waals surface area contributed by atoms with Crippen LogP contribution in [0.15, 0.2) is 18.2 Å².